The van der Waals surface area contributed by atoms with Crippen molar-refractivity contribution < 1.29 is 28.6 Å². The number of ether oxygens (including phenoxy) is 3. The monoisotopic (exact) mass is 963 g/mol. The predicted octanol–water partition coefficient (Wildman–Crippen LogP) is 19.8. The average molecular weight is 964 g/mol. The number of allylic oxidation sites excluding steroid dienone is 12. The first-order chi connectivity index (χ1) is 34.0. The van der Waals surface area contributed by atoms with Crippen molar-refractivity contribution >= 4 is 17.9 Å². The van der Waals surface area contributed by atoms with Gasteiger partial charge >= 0.3 is 17.9 Å². The van der Waals surface area contributed by atoms with E-state index in [9.17, 15) is 14.4 Å². The highest BCUT2D eigenvalue weighted by molar-refractivity contribution is 5.71. The third kappa shape index (κ3) is 55.6. The van der Waals surface area contributed by atoms with Crippen molar-refractivity contribution in [1.82, 2.24) is 0 Å². The molecule has 0 aliphatic carbocycles. The molecule has 1 unspecified atom stereocenters. The van der Waals surface area contributed by atoms with Crippen molar-refractivity contribution in [2.75, 3.05) is 13.2 Å². The Kier molecular flexibility index (Phi) is 54.8. The fourth-order valence-electron chi connectivity index (χ4n) is 8.29. The summed E-state index contributed by atoms with van der Waals surface area (Å²) in [5, 5.41) is 0. The van der Waals surface area contributed by atoms with Gasteiger partial charge in [-0.2, -0.15) is 0 Å². The molecule has 0 rings (SSSR count). The van der Waals surface area contributed by atoms with Crippen LogP contribution >= 0.6 is 0 Å². The first-order valence-corrected chi connectivity index (χ1v) is 29.4. The molecule has 6 nitrogen and oxygen atoms in total. The summed E-state index contributed by atoms with van der Waals surface area (Å²) in [5.74, 6) is -0.884. The zero-order valence-electron chi connectivity index (χ0n) is 45.6. The number of esters is 3. The van der Waals surface area contributed by atoms with Crippen LogP contribution in [-0.2, 0) is 28.6 Å². The largest absolute Gasteiger partial charge is 0.462 e. The van der Waals surface area contributed by atoms with Gasteiger partial charge in [0, 0.05) is 19.3 Å². The normalized spacial score (nSPS) is 12.6. The van der Waals surface area contributed by atoms with Gasteiger partial charge in [0.2, 0.25) is 0 Å². The second-order valence-corrected chi connectivity index (χ2v) is 19.5. The molecule has 0 amide bonds. The van der Waals surface area contributed by atoms with Crippen LogP contribution in [0.2, 0.25) is 0 Å². The number of hydrogen-bond donors (Lipinski definition) is 0. The lowest BCUT2D eigenvalue weighted by atomic mass is 10.1. The summed E-state index contributed by atoms with van der Waals surface area (Å²) in [7, 11) is 0. The molecule has 0 aromatic carbocycles. The van der Waals surface area contributed by atoms with E-state index in [-0.39, 0.29) is 31.1 Å². The van der Waals surface area contributed by atoms with Crippen LogP contribution in [0, 0.1) is 0 Å². The van der Waals surface area contributed by atoms with E-state index < -0.39 is 6.10 Å². The number of carbonyl (C=O) groups excluding carboxylic acids is 3. The summed E-state index contributed by atoms with van der Waals surface area (Å²) >= 11 is 0. The maximum atomic E-state index is 12.8. The Hall–Kier alpha value is -3.15. The molecule has 0 aromatic heterocycles. The molecule has 69 heavy (non-hydrogen) atoms. The first kappa shape index (κ1) is 65.8. The SMILES string of the molecule is CC/C=C\C/C=C\C/C=C\C/C=C\C/C=C\CCCCCCCCCCCC(=O)OCC(COC(=O)CCCCCCCCCCCCC)OC(=O)CCCCCCC/C=C\CCCCCCCC. The van der Waals surface area contributed by atoms with Gasteiger partial charge in [0.05, 0.1) is 0 Å². The fraction of sp³-hybridized carbons (Fsp3) is 0.762. The molecule has 0 aromatic rings. The highest BCUT2D eigenvalue weighted by Crippen LogP contribution is 2.16. The molecule has 1 atom stereocenters. The van der Waals surface area contributed by atoms with E-state index in [0.717, 1.165) is 109 Å². The standard InChI is InChI=1S/C63H110O6/c1-4-7-10-13-16-19-22-24-26-27-28-29-30-31-32-33-34-35-37-38-41-44-47-50-53-56-62(65)68-59-60(58-67-61(64)55-52-49-46-43-40-21-18-15-12-9-6-3)69-63(66)57-54-51-48-45-42-39-36-25-23-20-17-14-11-8-5-2/h7,10,16,19,24-26,28-29,31-32,36,60H,4-6,8-9,11-15,17-18,20-23,27,30,33-35,37-59H2,1-3H3/b10-7-,19-16-,26-24-,29-28-,32-31-,36-25-. The van der Waals surface area contributed by atoms with Gasteiger partial charge in [0.15, 0.2) is 6.10 Å². The van der Waals surface area contributed by atoms with Gasteiger partial charge in [0.25, 0.3) is 0 Å². The van der Waals surface area contributed by atoms with Crippen molar-refractivity contribution in [1.29, 1.82) is 0 Å². The number of hydrogen-bond acceptors (Lipinski definition) is 6. The maximum Gasteiger partial charge on any atom is 0.306 e. The molecule has 0 saturated carbocycles. The van der Waals surface area contributed by atoms with E-state index in [1.807, 2.05) is 0 Å². The molecule has 6 heteroatoms. The number of carbonyl (C=O) groups is 3. The van der Waals surface area contributed by atoms with Gasteiger partial charge in [-0.25, -0.2) is 0 Å². The zero-order chi connectivity index (χ0) is 50.0. The molecular weight excluding hydrogens is 853 g/mol. The van der Waals surface area contributed by atoms with Crippen LogP contribution in [0.15, 0.2) is 72.9 Å². The molecule has 0 radical (unpaired) electrons. The summed E-state index contributed by atoms with van der Waals surface area (Å²) in [6, 6.07) is 0. The minimum Gasteiger partial charge on any atom is -0.462 e. The van der Waals surface area contributed by atoms with E-state index in [2.05, 4.69) is 93.7 Å². The average Bonchev–Trinajstić information content (AvgIpc) is 3.35. The Morgan fingerprint density at radius 2 is 0.565 bits per heavy atom. The van der Waals surface area contributed by atoms with Gasteiger partial charge in [-0.1, -0.05) is 254 Å². The lowest BCUT2D eigenvalue weighted by molar-refractivity contribution is -0.167. The Labute approximate surface area is 427 Å². The molecule has 398 valence electrons. The van der Waals surface area contributed by atoms with Crippen LogP contribution in [-0.4, -0.2) is 37.2 Å². The Bertz CT molecular complexity index is 1290. The van der Waals surface area contributed by atoms with E-state index in [0.29, 0.717) is 19.3 Å². The van der Waals surface area contributed by atoms with Gasteiger partial charge in [-0.05, 0) is 89.9 Å². The first-order valence-electron chi connectivity index (χ1n) is 29.4. The molecule has 0 heterocycles. The number of unbranched alkanes of at least 4 members (excludes halogenated alkanes) is 30. The van der Waals surface area contributed by atoms with Crippen molar-refractivity contribution in [3.63, 3.8) is 0 Å². The maximum absolute atomic E-state index is 12.8. The smallest absolute Gasteiger partial charge is 0.306 e. The summed E-state index contributed by atoms with van der Waals surface area (Å²) < 4.78 is 16.9. The third-order valence-corrected chi connectivity index (χ3v) is 12.7. The van der Waals surface area contributed by atoms with Gasteiger partial charge < -0.3 is 14.2 Å². The molecule has 0 saturated heterocycles. The fourth-order valence-corrected chi connectivity index (χ4v) is 8.29. The molecule has 0 aliphatic rings. The number of rotatable bonds is 53. The van der Waals surface area contributed by atoms with E-state index in [4.69, 9.17) is 14.2 Å². The molecule has 0 spiro atoms. The topological polar surface area (TPSA) is 78.9 Å². The van der Waals surface area contributed by atoms with E-state index >= 15 is 0 Å². The van der Waals surface area contributed by atoms with Crippen molar-refractivity contribution in [3.05, 3.63) is 72.9 Å². The van der Waals surface area contributed by atoms with Crippen molar-refractivity contribution in [3.8, 4) is 0 Å². The van der Waals surface area contributed by atoms with Crippen molar-refractivity contribution in [2.45, 2.75) is 297 Å². The van der Waals surface area contributed by atoms with Crippen LogP contribution in [0.1, 0.15) is 290 Å². The molecule has 0 N–H and O–H groups in total. The second-order valence-electron chi connectivity index (χ2n) is 19.5. The van der Waals surface area contributed by atoms with E-state index in [1.54, 1.807) is 0 Å². The summed E-state index contributed by atoms with van der Waals surface area (Å²) in [6.45, 7) is 6.52. The highest BCUT2D eigenvalue weighted by Gasteiger charge is 2.19. The quantitative estimate of drug-likeness (QED) is 0.0262. The lowest BCUT2D eigenvalue weighted by Crippen LogP contribution is -2.30. The Morgan fingerprint density at radius 3 is 0.899 bits per heavy atom. The zero-order valence-corrected chi connectivity index (χ0v) is 45.6. The van der Waals surface area contributed by atoms with Crippen molar-refractivity contribution in [2.24, 2.45) is 0 Å². The lowest BCUT2D eigenvalue weighted by Gasteiger charge is -2.18. The Balaban J connectivity index is 4.28. The minimum atomic E-state index is -0.780. The van der Waals surface area contributed by atoms with Gasteiger partial charge in [-0.15, -0.1) is 0 Å². The summed E-state index contributed by atoms with van der Waals surface area (Å²) in [6.07, 6.45) is 73.2. The van der Waals surface area contributed by atoms with Crippen LogP contribution in [0.4, 0.5) is 0 Å². The minimum absolute atomic E-state index is 0.0777. The highest BCUT2D eigenvalue weighted by atomic mass is 16.6. The summed E-state index contributed by atoms with van der Waals surface area (Å²) in [4.78, 5) is 38.1. The third-order valence-electron chi connectivity index (χ3n) is 12.7. The van der Waals surface area contributed by atoms with E-state index in [1.165, 1.54) is 141 Å². The predicted molar refractivity (Wildman–Crippen MR) is 298 cm³/mol. The van der Waals surface area contributed by atoms with Crippen LogP contribution in [0.3, 0.4) is 0 Å². The molecule has 0 bridgehead atoms. The Morgan fingerprint density at radius 1 is 0.304 bits per heavy atom. The summed E-state index contributed by atoms with van der Waals surface area (Å²) in [5.41, 5.74) is 0. The van der Waals surface area contributed by atoms with Gasteiger partial charge in [-0.3, -0.25) is 14.4 Å². The second kappa shape index (κ2) is 57.4. The van der Waals surface area contributed by atoms with Crippen LogP contribution in [0.25, 0.3) is 0 Å². The van der Waals surface area contributed by atoms with Gasteiger partial charge in [0.1, 0.15) is 13.2 Å². The van der Waals surface area contributed by atoms with Crippen LogP contribution in [0.5, 0.6) is 0 Å². The molecule has 0 fully saturated rings. The molecule has 0 aliphatic heterocycles. The van der Waals surface area contributed by atoms with Crippen LogP contribution < -0.4 is 0 Å². The molecular formula is C63H110O6.